The van der Waals surface area contributed by atoms with Crippen molar-refractivity contribution in [1.29, 1.82) is 0 Å². The van der Waals surface area contributed by atoms with Crippen molar-refractivity contribution < 1.29 is 19.4 Å². The van der Waals surface area contributed by atoms with Gasteiger partial charge in [-0.3, -0.25) is 14.6 Å². The lowest BCUT2D eigenvalue weighted by molar-refractivity contribution is -0.141. The highest BCUT2D eigenvalue weighted by molar-refractivity contribution is 7.98. The van der Waals surface area contributed by atoms with E-state index in [-0.39, 0.29) is 5.91 Å². The summed E-state index contributed by atoms with van der Waals surface area (Å²) < 4.78 is 6.34. The average molecular weight is 558 g/mol. The zero-order valence-corrected chi connectivity index (χ0v) is 24.6. The second-order valence-electron chi connectivity index (χ2n) is 11.4. The lowest BCUT2D eigenvalue weighted by Crippen LogP contribution is -2.45. The first kappa shape index (κ1) is 30.1. The second-order valence-corrected chi connectivity index (χ2v) is 12.4. The smallest absolute Gasteiger partial charge is 0.326 e. The molecular formula is C31H47N3O4S. The van der Waals surface area contributed by atoms with Gasteiger partial charge in [0, 0.05) is 37.8 Å². The molecule has 0 aromatic heterocycles. The fourth-order valence-electron chi connectivity index (χ4n) is 6.29. The Labute approximate surface area is 238 Å². The number of likely N-dealkylation sites (tertiary alicyclic amines) is 1. The van der Waals surface area contributed by atoms with Gasteiger partial charge < -0.3 is 15.2 Å². The van der Waals surface area contributed by atoms with Crippen molar-refractivity contribution >= 4 is 29.2 Å². The van der Waals surface area contributed by atoms with E-state index in [1.54, 1.807) is 11.8 Å². The summed E-state index contributed by atoms with van der Waals surface area (Å²) in [5.41, 5.74) is 3.99. The van der Waals surface area contributed by atoms with Gasteiger partial charge in [-0.25, -0.2) is 4.79 Å². The average Bonchev–Trinajstić information content (AvgIpc) is 3.41. The van der Waals surface area contributed by atoms with Crippen LogP contribution < -0.4 is 5.32 Å². The number of amides is 1. The Morgan fingerprint density at radius 3 is 2.64 bits per heavy atom. The number of aryl methyl sites for hydroxylation is 1. The zero-order chi connectivity index (χ0) is 27.6. The van der Waals surface area contributed by atoms with Crippen molar-refractivity contribution in [2.24, 2.45) is 0 Å². The first-order chi connectivity index (χ1) is 19.0. The van der Waals surface area contributed by atoms with E-state index >= 15 is 0 Å². The summed E-state index contributed by atoms with van der Waals surface area (Å²) in [5.74, 6) is -0.515. The highest BCUT2D eigenvalue weighted by Crippen LogP contribution is 2.30. The van der Waals surface area contributed by atoms with Crippen molar-refractivity contribution in [3.63, 3.8) is 0 Å². The maximum Gasteiger partial charge on any atom is 0.326 e. The third kappa shape index (κ3) is 8.56. The van der Waals surface area contributed by atoms with Crippen molar-refractivity contribution in [2.75, 3.05) is 51.3 Å². The highest BCUT2D eigenvalue weighted by atomic mass is 32.2. The third-order valence-corrected chi connectivity index (χ3v) is 9.31. The number of carbonyl (C=O) groups is 2. The Morgan fingerprint density at radius 2 is 1.90 bits per heavy atom. The molecule has 2 aliphatic heterocycles. The minimum absolute atomic E-state index is 0.235. The summed E-state index contributed by atoms with van der Waals surface area (Å²) in [4.78, 5) is 30.3. The standard InChI is InChI=1S/C31H47N3O4S/c1-23-9-6-7-13-26(23)28-21-33(17-14-27(28)30(35)32-29(31(36)37)15-20-39-2)18-19-34-16-8-10-24(34)22-38-25-11-4-3-5-12-25/h6-7,9,13,24-25,29H,3-5,8,10-12,14-22H2,1-2H3,(H,32,35)(H,36,37)/t24-,29?/m0/s1. The van der Waals surface area contributed by atoms with Gasteiger partial charge in [0.2, 0.25) is 5.91 Å². The number of carbonyl (C=O) groups excluding carboxylic acids is 1. The summed E-state index contributed by atoms with van der Waals surface area (Å²) in [5, 5.41) is 12.5. The summed E-state index contributed by atoms with van der Waals surface area (Å²) >= 11 is 1.59. The summed E-state index contributed by atoms with van der Waals surface area (Å²) in [7, 11) is 0. The number of benzene rings is 1. The van der Waals surface area contributed by atoms with E-state index in [0.29, 0.717) is 37.3 Å². The van der Waals surface area contributed by atoms with Crippen LogP contribution in [0.25, 0.3) is 5.57 Å². The number of ether oxygens (including phenoxy) is 1. The van der Waals surface area contributed by atoms with Crippen LogP contribution >= 0.6 is 11.8 Å². The van der Waals surface area contributed by atoms with Crippen LogP contribution in [-0.2, 0) is 14.3 Å². The molecule has 0 radical (unpaired) electrons. The zero-order valence-electron chi connectivity index (χ0n) is 23.8. The lowest BCUT2D eigenvalue weighted by atomic mass is 9.90. The van der Waals surface area contributed by atoms with Crippen LogP contribution in [0.5, 0.6) is 0 Å². The maximum atomic E-state index is 13.4. The molecule has 1 unspecified atom stereocenters. The second kappa shape index (κ2) is 15.2. The van der Waals surface area contributed by atoms with Gasteiger partial charge in [0.1, 0.15) is 6.04 Å². The van der Waals surface area contributed by atoms with Crippen LogP contribution in [0, 0.1) is 6.92 Å². The highest BCUT2D eigenvalue weighted by Gasteiger charge is 2.30. The summed E-state index contributed by atoms with van der Waals surface area (Å²) in [6, 6.07) is 7.85. The van der Waals surface area contributed by atoms with E-state index in [9.17, 15) is 14.7 Å². The molecule has 216 valence electrons. The molecule has 39 heavy (non-hydrogen) atoms. The van der Waals surface area contributed by atoms with E-state index in [4.69, 9.17) is 4.74 Å². The predicted molar refractivity (Wildman–Crippen MR) is 159 cm³/mol. The molecule has 0 bridgehead atoms. The van der Waals surface area contributed by atoms with Gasteiger partial charge in [-0.1, -0.05) is 43.5 Å². The van der Waals surface area contributed by atoms with E-state index < -0.39 is 12.0 Å². The number of carboxylic acid groups (broad SMARTS) is 1. The summed E-state index contributed by atoms with van der Waals surface area (Å²) in [6.45, 7) is 7.53. The molecule has 2 N–H and O–H groups in total. The number of thioether (sulfide) groups is 1. The van der Waals surface area contributed by atoms with Crippen LogP contribution in [0.1, 0.15) is 68.9 Å². The van der Waals surface area contributed by atoms with Crippen molar-refractivity contribution in [2.45, 2.75) is 82.9 Å². The molecule has 8 heteroatoms. The Morgan fingerprint density at radius 1 is 1.10 bits per heavy atom. The van der Waals surface area contributed by atoms with Crippen LogP contribution in [0.3, 0.4) is 0 Å². The molecule has 1 aromatic carbocycles. The Balaban J connectivity index is 1.40. The number of rotatable bonds is 13. The Hall–Kier alpha value is -1.87. The molecule has 7 nitrogen and oxygen atoms in total. The molecule has 1 aliphatic carbocycles. The normalized spacial score (nSPS) is 22.3. The number of hydrogen-bond donors (Lipinski definition) is 2. The Bertz CT molecular complexity index is 994. The molecule has 1 amide bonds. The van der Waals surface area contributed by atoms with Gasteiger partial charge in [0.05, 0.1) is 12.7 Å². The van der Waals surface area contributed by atoms with E-state index in [1.165, 1.54) is 44.9 Å². The molecule has 1 aromatic rings. The summed E-state index contributed by atoms with van der Waals surface area (Å²) in [6.07, 6.45) is 12.3. The molecule has 1 saturated heterocycles. The minimum Gasteiger partial charge on any atom is -0.480 e. The monoisotopic (exact) mass is 557 g/mol. The van der Waals surface area contributed by atoms with Gasteiger partial charge >= 0.3 is 5.97 Å². The minimum atomic E-state index is -0.972. The molecule has 2 atom stereocenters. The lowest BCUT2D eigenvalue weighted by Gasteiger charge is -2.34. The van der Waals surface area contributed by atoms with E-state index in [0.717, 1.165) is 55.1 Å². The molecule has 0 spiro atoms. The number of nitrogens with zero attached hydrogens (tertiary/aromatic N) is 2. The molecule has 1 saturated carbocycles. The number of carboxylic acids is 1. The maximum absolute atomic E-state index is 13.4. The molecule has 2 heterocycles. The first-order valence-electron chi connectivity index (χ1n) is 14.8. The van der Waals surface area contributed by atoms with Crippen LogP contribution in [-0.4, -0.2) is 96.3 Å². The van der Waals surface area contributed by atoms with Gasteiger partial charge in [-0.05, 0) is 80.7 Å². The molecule has 4 rings (SSSR count). The van der Waals surface area contributed by atoms with E-state index in [2.05, 4.69) is 34.2 Å². The van der Waals surface area contributed by atoms with Crippen molar-refractivity contribution in [3.8, 4) is 0 Å². The number of aliphatic carboxylic acids is 1. The predicted octanol–water partition coefficient (Wildman–Crippen LogP) is 4.59. The van der Waals surface area contributed by atoms with Crippen LogP contribution in [0.15, 0.2) is 29.8 Å². The van der Waals surface area contributed by atoms with Gasteiger partial charge in [0.15, 0.2) is 0 Å². The molecule has 2 fully saturated rings. The quantitative estimate of drug-likeness (QED) is 0.367. The molecule has 3 aliphatic rings. The van der Waals surface area contributed by atoms with Gasteiger partial charge in [-0.15, -0.1) is 0 Å². The van der Waals surface area contributed by atoms with Crippen LogP contribution in [0.4, 0.5) is 0 Å². The number of hydrogen-bond acceptors (Lipinski definition) is 6. The van der Waals surface area contributed by atoms with Crippen molar-refractivity contribution in [3.05, 3.63) is 41.0 Å². The number of nitrogens with one attached hydrogen (secondary N) is 1. The fourth-order valence-corrected chi connectivity index (χ4v) is 6.76. The SMILES string of the molecule is CSCCC(NC(=O)C1=C(c2ccccc2C)CN(CCN2CCC[C@H]2COC2CCCCC2)CC1)C(=O)O. The van der Waals surface area contributed by atoms with Crippen LogP contribution in [0.2, 0.25) is 0 Å². The van der Waals surface area contributed by atoms with Gasteiger partial charge in [0.25, 0.3) is 0 Å². The Kier molecular flexibility index (Phi) is 11.7. The topological polar surface area (TPSA) is 82.1 Å². The van der Waals surface area contributed by atoms with Crippen molar-refractivity contribution in [1.82, 2.24) is 15.1 Å². The van der Waals surface area contributed by atoms with E-state index in [1.807, 2.05) is 18.4 Å². The molecular weight excluding hydrogens is 510 g/mol. The fraction of sp³-hybridized carbons (Fsp3) is 0.677. The first-order valence-corrected chi connectivity index (χ1v) is 16.2. The largest absolute Gasteiger partial charge is 0.480 e. The third-order valence-electron chi connectivity index (χ3n) is 8.66. The van der Waals surface area contributed by atoms with Gasteiger partial charge in [-0.2, -0.15) is 11.8 Å².